The van der Waals surface area contributed by atoms with Crippen LogP contribution in [0.15, 0.2) is 24.3 Å². The lowest BCUT2D eigenvalue weighted by atomic mass is 10.2. The summed E-state index contributed by atoms with van der Waals surface area (Å²) in [5, 5.41) is 0. The van der Waals surface area contributed by atoms with Crippen LogP contribution in [-0.2, 0) is 0 Å². The van der Waals surface area contributed by atoms with Crippen LogP contribution >= 0.6 is 34.8 Å². The number of halogens is 4. The lowest BCUT2D eigenvalue weighted by Gasteiger charge is -2.03. The Balaban J connectivity index is 2.86. The first kappa shape index (κ1) is 10.1. The van der Waals surface area contributed by atoms with Gasteiger partial charge in [0, 0.05) is 5.56 Å². The zero-order chi connectivity index (χ0) is 9.14. The molecule has 0 heterocycles. The van der Waals surface area contributed by atoms with E-state index < -0.39 is 10.5 Å². The van der Waals surface area contributed by atoms with Crippen LogP contribution in [0.25, 0.3) is 0 Å². The molecule has 0 saturated carbocycles. The Labute approximate surface area is 85.2 Å². The standard InChI is InChI=1S/C8H6Cl3F/c9-7(10)5-1-3-6(4-2-5)8(11)12/h1-4,7-8H. The summed E-state index contributed by atoms with van der Waals surface area (Å²) >= 11 is 16.3. The zero-order valence-corrected chi connectivity index (χ0v) is 8.24. The molecule has 0 amide bonds. The van der Waals surface area contributed by atoms with Crippen molar-refractivity contribution in [2.45, 2.75) is 10.5 Å². The Morgan fingerprint density at radius 3 is 1.67 bits per heavy atom. The molecule has 1 atom stereocenters. The van der Waals surface area contributed by atoms with Crippen LogP contribution < -0.4 is 0 Å². The van der Waals surface area contributed by atoms with Gasteiger partial charge in [-0.3, -0.25) is 0 Å². The minimum absolute atomic E-state index is 0.411. The van der Waals surface area contributed by atoms with Gasteiger partial charge >= 0.3 is 0 Å². The molecule has 0 bridgehead atoms. The third-order valence-electron chi connectivity index (χ3n) is 1.44. The first-order valence-electron chi connectivity index (χ1n) is 3.27. The van der Waals surface area contributed by atoms with E-state index in [1.807, 2.05) is 0 Å². The lowest BCUT2D eigenvalue weighted by molar-refractivity contribution is 0.460. The van der Waals surface area contributed by atoms with Crippen molar-refractivity contribution >= 4 is 34.8 Å². The molecule has 0 nitrogen and oxygen atoms in total. The van der Waals surface area contributed by atoms with Crippen molar-refractivity contribution in [1.29, 1.82) is 0 Å². The van der Waals surface area contributed by atoms with E-state index in [2.05, 4.69) is 0 Å². The van der Waals surface area contributed by atoms with Gasteiger partial charge in [0.15, 0.2) is 5.63 Å². The molecular formula is C8H6Cl3F. The largest absolute Gasteiger partial charge is 0.225 e. The van der Waals surface area contributed by atoms with Crippen LogP contribution in [0.3, 0.4) is 0 Å². The number of rotatable bonds is 2. The zero-order valence-electron chi connectivity index (χ0n) is 5.98. The number of hydrogen-bond acceptors (Lipinski definition) is 0. The minimum Gasteiger partial charge on any atom is -0.225 e. The molecule has 1 unspecified atom stereocenters. The van der Waals surface area contributed by atoms with Crippen LogP contribution in [0, 0.1) is 0 Å². The SMILES string of the molecule is FC(Cl)c1ccc(C(Cl)Cl)cc1. The van der Waals surface area contributed by atoms with Crippen LogP contribution in [0.4, 0.5) is 4.39 Å². The smallest absolute Gasteiger partial charge is 0.198 e. The average Bonchev–Trinajstić information content (AvgIpc) is 2.04. The van der Waals surface area contributed by atoms with Gasteiger partial charge in [-0.05, 0) is 5.56 Å². The molecule has 1 aromatic rings. The molecule has 0 aliphatic heterocycles. The molecule has 0 radical (unpaired) electrons. The van der Waals surface area contributed by atoms with Crippen molar-refractivity contribution in [2.75, 3.05) is 0 Å². The summed E-state index contributed by atoms with van der Waals surface area (Å²) in [7, 11) is 0. The van der Waals surface area contributed by atoms with E-state index >= 15 is 0 Å². The molecule has 12 heavy (non-hydrogen) atoms. The average molecular weight is 227 g/mol. The Bertz CT molecular complexity index is 216. The van der Waals surface area contributed by atoms with Gasteiger partial charge in [-0.15, -0.1) is 23.2 Å². The second-order valence-electron chi connectivity index (χ2n) is 2.27. The molecule has 0 aliphatic carbocycles. The lowest BCUT2D eigenvalue weighted by Crippen LogP contribution is -1.85. The van der Waals surface area contributed by atoms with Crippen molar-refractivity contribution in [3.63, 3.8) is 0 Å². The fourth-order valence-corrected chi connectivity index (χ4v) is 1.22. The number of alkyl halides is 4. The van der Waals surface area contributed by atoms with Crippen LogP contribution in [0.2, 0.25) is 0 Å². The summed E-state index contributed by atoms with van der Waals surface area (Å²) in [6.45, 7) is 0. The van der Waals surface area contributed by atoms with E-state index in [0.717, 1.165) is 5.56 Å². The molecule has 0 saturated heterocycles. The summed E-state index contributed by atoms with van der Waals surface area (Å²) in [5.74, 6) is 0. The van der Waals surface area contributed by atoms with Gasteiger partial charge in [0.25, 0.3) is 0 Å². The summed E-state index contributed by atoms with van der Waals surface area (Å²) < 4.78 is 12.5. The first-order chi connectivity index (χ1) is 5.61. The monoisotopic (exact) mass is 226 g/mol. The van der Waals surface area contributed by atoms with E-state index in [4.69, 9.17) is 34.8 Å². The number of benzene rings is 1. The molecule has 1 rings (SSSR count). The van der Waals surface area contributed by atoms with Gasteiger partial charge in [0.05, 0.1) is 0 Å². The molecule has 1 aromatic carbocycles. The predicted octanol–water partition coefficient (Wildman–Crippen LogP) is 4.37. The maximum Gasteiger partial charge on any atom is 0.198 e. The highest BCUT2D eigenvalue weighted by atomic mass is 35.5. The fraction of sp³-hybridized carbons (Fsp3) is 0.250. The third kappa shape index (κ3) is 2.51. The van der Waals surface area contributed by atoms with Gasteiger partial charge in [-0.2, -0.15) is 0 Å². The van der Waals surface area contributed by atoms with E-state index in [-0.39, 0.29) is 0 Å². The summed E-state index contributed by atoms with van der Waals surface area (Å²) in [6, 6.07) is 6.42. The van der Waals surface area contributed by atoms with E-state index in [9.17, 15) is 4.39 Å². The highest BCUT2D eigenvalue weighted by molar-refractivity contribution is 6.44. The molecule has 0 aliphatic rings. The van der Waals surface area contributed by atoms with Gasteiger partial charge in [-0.1, -0.05) is 35.9 Å². The molecule has 4 heteroatoms. The minimum atomic E-state index is -1.47. The van der Waals surface area contributed by atoms with E-state index in [1.54, 1.807) is 24.3 Å². The van der Waals surface area contributed by atoms with Crippen molar-refractivity contribution in [3.05, 3.63) is 35.4 Å². The van der Waals surface area contributed by atoms with Crippen LogP contribution in [0.5, 0.6) is 0 Å². The Morgan fingerprint density at radius 1 is 0.917 bits per heavy atom. The Hall–Kier alpha value is 0.0200. The van der Waals surface area contributed by atoms with E-state index in [0.29, 0.717) is 5.56 Å². The number of hydrogen-bond donors (Lipinski definition) is 0. The molecule has 0 fully saturated rings. The van der Waals surface area contributed by atoms with Crippen LogP contribution in [-0.4, -0.2) is 0 Å². The molecule has 0 spiro atoms. The third-order valence-corrected chi connectivity index (χ3v) is 2.20. The van der Waals surface area contributed by atoms with Crippen molar-refractivity contribution in [3.8, 4) is 0 Å². The van der Waals surface area contributed by atoms with Crippen LogP contribution in [0.1, 0.15) is 21.6 Å². The second-order valence-corrected chi connectivity index (χ2v) is 3.75. The van der Waals surface area contributed by atoms with Gasteiger partial charge in [0.1, 0.15) is 4.84 Å². The maximum absolute atomic E-state index is 12.5. The summed E-state index contributed by atoms with van der Waals surface area (Å²) in [6.07, 6.45) is 0. The molecular weight excluding hydrogens is 221 g/mol. The topological polar surface area (TPSA) is 0 Å². The summed E-state index contributed by atoms with van der Waals surface area (Å²) in [4.78, 5) is -0.576. The Kier molecular flexibility index (Phi) is 3.63. The first-order valence-corrected chi connectivity index (χ1v) is 4.58. The molecule has 0 aromatic heterocycles. The predicted molar refractivity (Wildman–Crippen MR) is 50.6 cm³/mol. The summed E-state index contributed by atoms with van der Waals surface area (Å²) in [5.41, 5.74) is -0.322. The quantitative estimate of drug-likeness (QED) is 0.658. The second kappa shape index (κ2) is 4.31. The normalized spacial score (nSPS) is 13.4. The van der Waals surface area contributed by atoms with Gasteiger partial charge in [0.2, 0.25) is 0 Å². The van der Waals surface area contributed by atoms with Crippen molar-refractivity contribution in [1.82, 2.24) is 0 Å². The van der Waals surface area contributed by atoms with Gasteiger partial charge < -0.3 is 0 Å². The molecule has 0 N–H and O–H groups in total. The van der Waals surface area contributed by atoms with Gasteiger partial charge in [-0.25, -0.2) is 4.39 Å². The van der Waals surface area contributed by atoms with Crippen molar-refractivity contribution in [2.24, 2.45) is 0 Å². The van der Waals surface area contributed by atoms with E-state index in [1.165, 1.54) is 0 Å². The maximum atomic E-state index is 12.5. The van der Waals surface area contributed by atoms with Crippen molar-refractivity contribution < 1.29 is 4.39 Å². The Morgan fingerprint density at radius 2 is 1.33 bits per heavy atom. The highest BCUT2D eigenvalue weighted by Crippen LogP contribution is 2.27. The fourth-order valence-electron chi connectivity index (χ4n) is 0.787. The highest BCUT2D eigenvalue weighted by Gasteiger charge is 2.06. The molecule has 66 valence electrons.